The predicted octanol–water partition coefficient (Wildman–Crippen LogP) is 10.9. The molecule has 6 atom stereocenters. The molecule has 0 aliphatic carbocycles. The van der Waals surface area contributed by atoms with Gasteiger partial charge in [-0.2, -0.15) is 0 Å². The molecule has 0 aromatic heterocycles. The first-order valence-electron chi connectivity index (χ1n) is 23.7. The molecule has 58 heavy (non-hydrogen) atoms. The molecule has 1 aliphatic heterocycles. The van der Waals surface area contributed by atoms with Crippen molar-refractivity contribution in [3.05, 3.63) is 48.6 Å². The zero-order valence-electron chi connectivity index (χ0n) is 37.0. The van der Waals surface area contributed by atoms with Crippen molar-refractivity contribution in [2.45, 2.75) is 230 Å². The first kappa shape index (κ1) is 54.2. The number of ether oxygens (including phenoxy) is 4. The first-order chi connectivity index (χ1) is 28.4. The number of carbonyl (C=O) groups is 1. The van der Waals surface area contributed by atoms with Crippen LogP contribution in [0.4, 0.5) is 0 Å². The molecule has 0 amide bonds. The Morgan fingerprint density at radius 1 is 0.569 bits per heavy atom. The topological polar surface area (TPSA) is 135 Å². The Morgan fingerprint density at radius 2 is 1.05 bits per heavy atom. The van der Waals surface area contributed by atoms with E-state index >= 15 is 0 Å². The van der Waals surface area contributed by atoms with E-state index in [1.807, 2.05) is 0 Å². The van der Waals surface area contributed by atoms with E-state index in [2.05, 4.69) is 62.5 Å². The van der Waals surface area contributed by atoms with Crippen LogP contribution in [0.2, 0.25) is 0 Å². The second-order valence-electron chi connectivity index (χ2n) is 16.2. The fourth-order valence-electron chi connectivity index (χ4n) is 7.07. The van der Waals surface area contributed by atoms with Crippen LogP contribution in [-0.4, -0.2) is 89.6 Å². The van der Waals surface area contributed by atoms with Crippen LogP contribution in [0, 0.1) is 0 Å². The largest absolute Gasteiger partial charge is 0.457 e. The first-order valence-corrected chi connectivity index (χ1v) is 23.7. The average Bonchev–Trinajstić information content (AvgIpc) is 3.22. The number of carbonyl (C=O) groups excluding carboxylic acids is 1. The molecule has 0 aromatic rings. The quantitative estimate of drug-likeness (QED) is 0.0271. The lowest BCUT2D eigenvalue weighted by Crippen LogP contribution is -2.59. The van der Waals surface area contributed by atoms with Crippen LogP contribution in [-0.2, 0) is 23.7 Å². The third-order valence-electron chi connectivity index (χ3n) is 10.8. The molecular weight excluding hydrogens is 733 g/mol. The molecule has 1 aliphatic rings. The van der Waals surface area contributed by atoms with Gasteiger partial charge in [-0.3, -0.25) is 4.79 Å². The molecule has 338 valence electrons. The summed E-state index contributed by atoms with van der Waals surface area (Å²) in [6.45, 7) is 4.45. The van der Waals surface area contributed by atoms with E-state index in [0.29, 0.717) is 13.0 Å². The summed E-state index contributed by atoms with van der Waals surface area (Å²) in [6, 6.07) is 0. The number of esters is 1. The SMILES string of the molecule is CC/C=C\C/C=C\C/C=C\C/C=C\CCCCCCCCCCCCCCC(=O)OC(COCCCCCCCCCCCC)COC1OC(CO)C(O)C(O)C1O. The van der Waals surface area contributed by atoms with Crippen molar-refractivity contribution in [3.63, 3.8) is 0 Å². The van der Waals surface area contributed by atoms with Gasteiger partial charge in [-0.1, -0.05) is 184 Å². The highest BCUT2D eigenvalue weighted by atomic mass is 16.7. The molecule has 1 saturated heterocycles. The third kappa shape index (κ3) is 31.1. The van der Waals surface area contributed by atoms with E-state index in [1.54, 1.807) is 0 Å². The van der Waals surface area contributed by atoms with E-state index in [4.69, 9.17) is 18.9 Å². The molecule has 1 rings (SSSR count). The van der Waals surface area contributed by atoms with E-state index in [9.17, 15) is 25.2 Å². The van der Waals surface area contributed by atoms with Crippen molar-refractivity contribution in [2.75, 3.05) is 26.4 Å². The molecular formula is C49H88O9. The lowest BCUT2D eigenvalue weighted by molar-refractivity contribution is -0.305. The monoisotopic (exact) mass is 821 g/mol. The van der Waals surface area contributed by atoms with Crippen LogP contribution in [0.3, 0.4) is 0 Å². The second kappa shape index (κ2) is 40.6. The fourth-order valence-corrected chi connectivity index (χ4v) is 7.07. The fraction of sp³-hybridized carbons (Fsp3) is 0.816. The second-order valence-corrected chi connectivity index (χ2v) is 16.2. The highest BCUT2D eigenvalue weighted by Gasteiger charge is 2.44. The summed E-state index contributed by atoms with van der Waals surface area (Å²) in [5.74, 6) is -0.316. The van der Waals surface area contributed by atoms with Gasteiger partial charge in [-0.05, 0) is 51.4 Å². The Morgan fingerprint density at radius 3 is 1.59 bits per heavy atom. The van der Waals surface area contributed by atoms with Gasteiger partial charge in [-0.25, -0.2) is 0 Å². The Kier molecular flexibility index (Phi) is 37.9. The number of allylic oxidation sites excluding steroid dienone is 8. The molecule has 1 heterocycles. The van der Waals surface area contributed by atoms with Gasteiger partial charge in [-0.15, -0.1) is 0 Å². The molecule has 9 nitrogen and oxygen atoms in total. The van der Waals surface area contributed by atoms with Gasteiger partial charge < -0.3 is 39.4 Å². The molecule has 4 N–H and O–H groups in total. The maximum Gasteiger partial charge on any atom is 0.306 e. The van der Waals surface area contributed by atoms with E-state index in [-0.39, 0.29) is 19.2 Å². The van der Waals surface area contributed by atoms with Gasteiger partial charge in [0.25, 0.3) is 0 Å². The van der Waals surface area contributed by atoms with Gasteiger partial charge in [0, 0.05) is 13.0 Å². The maximum absolute atomic E-state index is 12.8. The van der Waals surface area contributed by atoms with E-state index < -0.39 is 43.4 Å². The molecule has 0 aromatic carbocycles. The van der Waals surface area contributed by atoms with Crippen LogP contribution in [0.5, 0.6) is 0 Å². The number of hydrogen-bond acceptors (Lipinski definition) is 9. The third-order valence-corrected chi connectivity index (χ3v) is 10.8. The number of aliphatic hydroxyl groups is 4. The predicted molar refractivity (Wildman–Crippen MR) is 238 cm³/mol. The van der Waals surface area contributed by atoms with Crippen molar-refractivity contribution < 1.29 is 44.2 Å². The minimum absolute atomic E-state index is 0.113. The lowest BCUT2D eigenvalue weighted by Gasteiger charge is -2.39. The molecule has 6 unspecified atom stereocenters. The summed E-state index contributed by atoms with van der Waals surface area (Å²) in [6.07, 6.45) is 42.9. The Bertz CT molecular complexity index is 1030. The van der Waals surface area contributed by atoms with Crippen LogP contribution in [0.15, 0.2) is 48.6 Å². The Balaban J connectivity index is 2.16. The number of unbranched alkanes of at least 4 members (excludes halogenated alkanes) is 21. The Labute approximate surface area is 354 Å². The van der Waals surface area contributed by atoms with Crippen molar-refractivity contribution in [1.29, 1.82) is 0 Å². The normalized spacial score (nSPS) is 20.7. The van der Waals surface area contributed by atoms with E-state index in [0.717, 1.165) is 57.8 Å². The highest BCUT2D eigenvalue weighted by Crippen LogP contribution is 2.23. The van der Waals surface area contributed by atoms with Gasteiger partial charge in [0.1, 0.15) is 30.5 Å². The number of hydrogen-bond donors (Lipinski definition) is 4. The summed E-state index contributed by atoms with van der Waals surface area (Å²) in [4.78, 5) is 12.8. The van der Waals surface area contributed by atoms with Gasteiger partial charge >= 0.3 is 5.97 Å². The molecule has 1 fully saturated rings. The molecule has 0 bridgehead atoms. The lowest BCUT2D eigenvalue weighted by atomic mass is 9.99. The highest BCUT2D eigenvalue weighted by molar-refractivity contribution is 5.69. The Hall–Kier alpha value is -1.85. The molecule has 9 heteroatoms. The molecule has 0 radical (unpaired) electrons. The summed E-state index contributed by atoms with van der Waals surface area (Å²) in [5, 5.41) is 40.1. The minimum Gasteiger partial charge on any atom is -0.457 e. The number of aliphatic hydroxyl groups excluding tert-OH is 4. The van der Waals surface area contributed by atoms with Crippen molar-refractivity contribution in [2.24, 2.45) is 0 Å². The van der Waals surface area contributed by atoms with Crippen molar-refractivity contribution in [3.8, 4) is 0 Å². The summed E-state index contributed by atoms with van der Waals surface area (Å²) in [5.41, 5.74) is 0. The average molecular weight is 821 g/mol. The van der Waals surface area contributed by atoms with Gasteiger partial charge in [0.05, 0.1) is 19.8 Å². The summed E-state index contributed by atoms with van der Waals surface area (Å²) in [7, 11) is 0. The van der Waals surface area contributed by atoms with E-state index in [1.165, 1.54) is 116 Å². The van der Waals surface area contributed by atoms with Crippen LogP contribution in [0.1, 0.15) is 194 Å². The number of rotatable bonds is 40. The van der Waals surface area contributed by atoms with Gasteiger partial charge in [0.2, 0.25) is 0 Å². The summed E-state index contributed by atoms with van der Waals surface area (Å²) < 4.78 is 22.8. The van der Waals surface area contributed by atoms with Crippen molar-refractivity contribution >= 4 is 5.97 Å². The standard InChI is InChI=1S/C49H88O9/c1-3-5-7-9-11-13-15-16-17-18-19-20-21-22-23-24-25-26-27-28-29-30-32-34-36-38-45(51)57-43(41-55-39-37-35-33-31-14-12-10-8-6-4-2)42-56-49-48(54)47(53)46(52)44(40-50)58-49/h5,7,11,13,16-17,19-20,43-44,46-50,52-54H,3-4,6,8-10,12,14-15,18,21-42H2,1-2H3/b7-5-,13-11-,17-16-,20-19-. The smallest absolute Gasteiger partial charge is 0.306 e. The maximum atomic E-state index is 12.8. The zero-order chi connectivity index (χ0) is 42.2. The summed E-state index contributed by atoms with van der Waals surface area (Å²) >= 11 is 0. The minimum atomic E-state index is -1.53. The molecule has 0 saturated carbocycles. The van der Waals surface area contributed by atoms with Crippen LogP contribution in [0.25, 0.3) is 0 Å². The zero-order valence-corrected chi connectivity index (χ0v) is 37.0. The molecule has 0 spiro atoms. The van der Waals surface area contributed by atoms with Gasteiger partial charge in [0.15, 0.2) is 6.29 Å². The van der Waals surface area contributed by atoms with Crippen LogP contribution >= 0.6 is 0 Å². The van der Waals surface area contributed by atoms with Crippen LogP contribution < -0.4 is 0 Å². The van der Waals surface area contributed by atoms with Crippen molar-refractivity contribution in [1.82, 2.24) is 0 Å².